The van der Waals surface area contributed by atoms with Gasteiger partial charge in [-0.1, -0.05) is 6.07 Å². The number of hydrogen-bond donors (Lipinski definition) is 3. The van der Waals surface area contributed by atoms with Gasteiger partial charge < -0.3 is 10.8 Å². The van der Waals surface area contributed by atoms with E-state index in [2.05, 4.69) is 22.7 Å². The van der Waals surface area contributed by atoms with E-state index in [1.54, 1.807) is 0 Å². The fraction of sp³-hybridized carbons (Fsp3) is 0.200. The third-order valence-electron chi connectivity index (χ3n) is 1.85. The van der Waals surface area contributed by atoms with Crippen molar-refractivity contribution in [2.24, 2.45) is 10.8 Å². The van der Waals surface area contributed by atoms with Gasteiger partial charge in [0, 0.05) is 5.56 Å². The summed E-state index contributed by atoms with van der Waals surface area (Å²) in [5.74, 6) is 0.217. The Morgan fingerprint density at radius 1 is 1.53 bits per heavy atom. The first-order valence-electron chi connectivity index (χ1n) is 4.39. The second kappa shape index (κ2) is 4.75. The highest BCUT2D eigenvalue weighted by molar-refractivity contribution is 7.80. The fourth-order valence-electron chi connectivity index (χ4n) is 1.26. The Hall–Kier alpha value is -1.62. The molecule has 0 aliphatic rings. The molecule has 4 nitrogen and oxygen atoms in total. The normalized spacial score (nSPS) is 10.5. The second-order valence-corrected chi connectivity index (χ2v) is 3.69. The first kappa shape index (κ1) is 11.5. The molecule has 0 spiro atoms. The molecule has 0 aliphatic heterocycles. The number of thiocarbonyl (C=S) groups is 1. The standard InChI is InChI=1S/C10H13N3OS/c1-6-3-7(2)9(14)8(4-6)5-12-13-10(11)15/h3-5,14H,1-2H3,(H3,11,13,15)/b12-5+. The lowest BCUT2D eigenvalue weighted by molar-refractivity contribution is 0.470. The lowest BCUT2D eigenvalue weighted by Crippen LogP contribution is -2.24. The Kier molecular flexibility index (Phi) is 3.62. The van der Waals surface area contributed by atoms with Crippen LogP contribution in [0.4, 0.5) is 0 Å². The van der Waals surface area contributed by atoms with Crippen LogP contribution >= 0.6 is 12.2 Å². The van der Waals surface area contributed by atoms with E-state index in [1.807, 2.05) is 26.0 Å². The molecule has 1 aromatic carbocycles. The van der Waals surface area contributed by atoms with Gasteiger partial charge in [0.2, 0.25) is 0 Å². The number of phenolic OH excluding ortho intramolecular Hbond substituents is 1. The van der Waals surface area contributed by atoms with Crippen LogP contribution in [0.25, 0.3) is 0 Å². The SMILES string of the molecule is Cc1cc(C)c(O)c(/C=N/NC(N)=S)c1. The Morgan fingerprint density at radius 2 is 2.20 bits per heavy atom. The average molecular weight is 223 g/mol. The molecule has 1 rings (SSSR count). The summed E-state index contributed by atoms with van der Waals surface area (Å²) in [4.78, 5) is 0. The third-order valence-corrected chi connectivity index (χ3v) is 1.94. The number of phenols is 1. The average Bonchev–Trinajstić information content (AvgIpc) is 2.12. The van der Waals surface area contributed by atoms with Crippen LogP contribution in [0.5, 0.6) is 5.75 Å². The van der Waals surface area contributed by atoms with E-state index in [0.29, 0.717) is 5.56 Å². The van der Waals surface area contributed by atoms with Crippen molar-refractivity contribution in [2.75, 3.05) is 0 Å². The molecule has 0 amide bonds. The quantitative estimate of drug-likeness (QED) is 0.400. The lowest BCUT2D eigenvalue weighted by Gasteiger charge is -2.04. The first-order chi connectivity index (χ1) is 7.00. The van der Waals surface area contributed by atoms with E-state index in [-0.39, 0.29) is 10.9 Å². The van der Waals surface area contributed by atoms with Gasteiger partial charge in [0.25, 0.3) is 0 Å². The van der Waals surface area contributed by atoms with Gasteiger partial charge in [-0.3, -0.25) is 5.43 Å². The number of rotatable bonds is 2. The van der Waals surface area contributed by atoms with Crippen molar-refractivity contribution >= 4 is 23.5 Å². The Labute approximate surface area is 93.8 Å². The maximum atomic E-state index is 9.70. The molecule has 5 heteroatoms. The molecular formula is C10H13N3OS. The first-order valence-corrected chi connectivity index (χ1v) is 4.80. The van der Waals surface area contributed by atoms with Crippen molar-refractivity contribution in [2.45, 2.75) is 13.8 Å². The number of aryl methyl sites for hydroxylation is 2. The molecule has 0 bridgehead atoms. The molecule has 0 aliphatic carbocycles. The summed E-state index contributed by atoms with van der Waals surface area (Å²) in [7, 11) is 0. The van der Waals surface area contributed by atoms with Gasteiger partial charge in [-0.05, 0) is 43.3 Å². The van der Waals surface area contributed by atoms with Gasteiger partial charge in [0.05, 0.1) is 6.21 Å². The molecule has 1 aromatic rings. The largest absolute Gasteiger partial charge is 0.507 e. The third kappa shape index (κ3) is 3.21. The predicted molar refractivity (Wildman–Crippen MR) is 65.1 cm³/mol. The number of aromatic hydroxyl groups is 1. The van der Waals surface area contributed by atoms with Crippen LogP contribution in [0, 0.1) is 13.8 Å². The topological polar surface area (TPSA) is 70.6 Å². The zero-order valence-corrected chi connectivity index (χ0v) is 9.43. The summed E-state index contributed by atoms with van der Waals surface area (Å²) < 4.78 is 0. The van der Waals surface area contributed by atoms with E-state index in [9.17, 15) is 5.11 Å². The summed E-state index contributed by atoms with van der Waals surface area (Å²) >= 11 is 4.59. The van der Waals surface area contributed by atoms with Crippen molar-refractivity contribution in [3.05, 3.63) is 28.8 Å². The molecule has 0 atom stereocenters. The summed E-state index contributed by atoms with van der Waals surface area (Å²) in [6.45, 7) is 3.78. The molecule has 0 aromatic heterocycles. The molecule has 0 unspecified atom stereocenters. The van der Waals surface area contributed by atoms with Crippen LogP contribution in [-0.2, 0) is 0 Å². The van der Waals surface area contributed by atoms with Gasteiger partial charge >= 0.3 is 0 Å². The monoisotopic (exact) mass is 223 g/mol. The van der Waals surface area contributed by atoms with Crippen LogP contribution in [0.1, 0.15) is 16.7 Å². The fourth-order valence-corrected chi connectivity index (χ4v) is 1.31. The minimum Gasteiger partial charge on any atom is -0.507 e. The highest BCUT2D eigenvalue weighted by Gasteiger charge is 2.02. The summed E-state index contributed by atoms with van der Waals surface area (Å²) in [6.07, 6.45) is 1.48. The number of hydrazone groups is 1. The smallest absolute Gasteiger partial charge is 0.184 e. The van der Waals surface area contributed by atoms with Crippen molar-refractivity contribution in [3.63, 3.8) is 0 Å². The van der Waals surface area contributed by atoms with E-state index in [4.69, 9.17) is 5.73 Å². The lowest BCUT2D eigenvalue weighted by atomic mass is 10.1. The number of nitrogens with one attached hydrogen (secondary N) is 1. The molecular weight excluding hydrogens is 210 g/mol. The number of hydrogen-bond acceptors (Lipinski definition) is 3. The van der Waals surface area contributed by atoms with Crippen molar-refractivity contribution in [3.8, 4) is 5.75 Å². The highest BCUT2D eigenvalue weighted by atomic mass is 32.1. The zero-order valence-electron chi connectivity index (χ0n) is 8.61. The molecule has 0 radical (unpaired) electrons. The summed E-state index contributed by atoms with van der Waals surface area (Å²) in [5.41, 5.74) is 10.1. The van der Waals surface area contributed by atoms with Crippen LogP contribution in [0.15, 0.2) is 17.2 Å². The maximum Gasteiger partial charge on any atom is 0.184 e. The molecule has 15 heavy (non-hydrogen) atoms. The van der Waals surface area contributed by atoms with Crippen molar-refractivity contribution < 1.29 is 5.11 Å². The van der Waals surface area contributed by atoms with Crippen molar-refractivity contribution in [1.29, 1.82) is 0 Å². The van der Waals surface area contributed by atoms with Gasteiger partial charge in [0.1, 0.15) is 5.75 Å². The molecule has 0 heterocycles. The maximum absolute atomic E-state index is 9.70. The number of nitrogens with two attached hydrogens (primary N) is 1. The summed E-state index contributed by atoms with van der Waals surface area (Å²) in [6, 6.07) is 3.72. The Morgan fingerprint density at radius 3 is 2.80 bits per heavy atom. The van der Waals surface area contributed by atoms with Crippen LogP contribution in [-0.4, -0.2) is 16.4 Å². The summed E-state index contributed by atoms with van der Waals surface area (Å²) in [5, 5.41) is 13.6. The van der Waals surface area contributed by atoms with Crippen LogP contribution in [0.2, 0.25) is 0 Å². The van der Waals surface area contributed by atoms with Gasteiger partial charge in [-0.15, -0.1) is 0 Å². The van der Waals surface area contributed by atoms with E-state index in [0.717, 1.165) is 11.1 Å². The van der Waals surface area contributed by atoms with E-state index in [1.165, 1.54) is 6.21 Å². The van der Waals surface area contributed by atoms with E-state index >= 15 is 0 Å². The van der Waals surface area contributed by atoms with Gasteiger partial charge in [0.15, 0.2) is 5.11 Å². The second-order valence-electron chi connectivity index (χ2n) is 3.25. The molecule has 4 N–H and O–H groups in total. The van der Waals surface area contributed by atoms with Gasteiger partial charge in [-0.25, -0.2) is 0 Å². The van der Waals surface area contributed by atoms with Gasteiger partial charge in [-0.2, -0.15) is 5.10 Å². The van der Waals surface area contributed by atoms with E-state index < -0.39 is 0 Å². The number of benzene rings is 1. The zero-order chi connectivity index (χ0) is 11.4. The number of nitrogens with zero attached hydrogens (tertiary/aromatic N) is 1. The predicted octanol–water partition coefficient (Wildman–Crippen LogP) is 1.18. The molecule has 0 saturated carbocycles. The Balaban J connectivity index is 2.94. The van der Waals surface area contributed by atoms with Crippen LogP contribution in [0.3, 0.4) is 0 Å². The molecule has 80 valence electrons. The van der Waals surface area contributed by atoms with Crippen LogP contribution < -0.4 is 11.2 Å². The molecule has 0 fully saturated rings. The minimum absolute atomic E-state index is 0.0927. The highest BCUT2D eigenvalue weighted by Crippen LogP contribution is 2.21. The molecule has 0 saturated heterocycles. The minimum atomic E-state index is 0.0927. The Bertz CT molecular complexity index is 415. The van der Waals surface area contributed by atoms with Crippen molar-refractivity contribution in [1.82, 2.24) is 5.43 Å².